The van der Waals surface area contributed by atoms with Gasteiger partial charge >= 0.3 is 0 Å². The van der Waals surface area contributed by atoms with E-state index in [0.717, 1.165) is 12.0 Å². The van der Waals surface area contributed by atoms with E-state index in [0.29, 0.717) is 30.2 Å². The maximum Gasteiger partial charge on any atom is 0.254 e. The number of hydrogen-bond acceptors (Lipinski definition) is 4. The van der Waals surface area contributed by atoms with Crippen LogP contribution in [0.5, 0.6) is 0 Å². The van der Waals surface area contributed by atoms with Crippen LogP contribution in [0.1, 0.15) is 27.2 Å². The first-order valence-electron chi connectivity index (χ1n) is 6.88. The predicted molar refractivity (Wildman–Crippen MR) is 83.0 cm³/mol. The minimum Gasteiger partial charge on any atom is -0.366 e. The van der Waals surface area contributed by atoms with Crippen LogP contribution in [0.25, 0.3) is 0 Å². The Morgan fingerprint density at radius 1 is 1.29 bits per heavy atom. The summed E-state index contributed by atoms with van der Waals surface area (Å²) in [4.78, 5) is 11.5. The van der Waals surface area contributed by atoms with E-state index in [-0.39, 0.29) is 0 Å². The molecule has 0 fully saturated rings. The van der Waals surface area contributed by atoms with Gasteiger partial charge in [-0.3, -0.25) is 9.48 Å². The number of anilines is 1. The summed E-state index contributed by atoms with van der Waals surface area (Å²) in [5.74, 6) is 0.174. The zero-order valence-electron chi connectivity index (χ0n) is 12.4. The Hall–Kier alpha value is -2.34. The third-order valence-electron chi connectivity index (χ3n) is 3.38. The van der Waals surface area contributed by atoms with Crippen LogP contribution in [0.15, 0.2) is 24.3 Å². The lowest BCUT2D eigenvalue weighted by atomic mass is 10.1. The molecular formula is C15H21N5O. The topological polar surface area (TPSA) is 99.0 Å². The van der Waals surface area contributed by atoms with Crippen molar-refractivity contribution in [3.05, 3.63) is 46.6 Å². The smallest absolute Gasteiger partial charge is 0.254 e. The van der Waals surface area contributed by atoms with Gasteiger partial charge in [0.2, 0.25) is 0 Å². The van der Waals surface area contributed by atoms with Crippen molar-refractivity contribution in [2.24, 2.45) is 18.5 Å². The number of benzene rings is 1. The molecule has 1 amide bonds. The third-order valence-corrected chi connectivity index (χ3v) is 3.38. The van der Waals surface area contributed by atoms with Gasteiger partial charge in [-0.1, -0.05) is 24.3 Å². The van der Waals surface area contributed by atoms with Gasteiger partial charge in [-0.2, -0.15) is 5.10 Å². The average Bonchev–Trinajstić information content (AvgIpc) is 2.72. The fraction of sp³-hybridized carbons (Fsp3) is 0.333. The lowest BCUT2D eigenvalue weighted by Gasteiger charge is -2.09. The molecule has 0 unspecified atom stereocenters. The number of hydrogen-bond donors (Lipinski definition) is 3. The fourth-order valence-corrected chi connectivity index (χ4v) is 2.33. The molecule has 1 heterocycles. The van der Waals surface area contributed by atoms with E-state index >= 15 is 0 Å². The number of amides is 1. The average molecular weight is 287 g/mol. The molecular weight excluding hydrogens is 266 g/mol. The van der Waals surface area contributed by atoms with Crippen LogP contribution in [0.3, 0.4) is 0 Å². The molecule has 0 atom stereocenters. The van der Waals surface area contributed by atoms with Crippen LogP contribution in [-0.2, 0) is 20.0 Å². The molecule has 0 aliphatic rings. The number of nitrogens with two attached hydrogens (primary N) is 2. The summed E-state index contributed by atoms with van der Waals surface area (Å²) < 4.78 is 1.64. The molecule has 21 heavy (non-hydrogen) atoms. The van der Waals surface area contributed by atoms with Crippen LogP contribution >= 0.6 is 0 Å². The Bertz CT molecular complexity index is 630. The highest BCUT2D eigenvalue weighted by molar-refractivity contribution is 5.98. The van der Waals surface area contributed by atoms with Crippen molar-refractivity contribution in [3.63, 3.8) is 0 Å². The Kier molecular flexibility index (Phi) is 4.59. The van der Waals surface area contributed by atoms with Gasteiger partial charge in [0, 0.05) is 13.6 Å². The van der Waals surface area contributed by atoms with Crippen molar-refractivity contribution in [1.29, 1.82) is 0 Å². The zero-order chi connectivity index (χ0) is 15.4. The summed E-state index contributed by atoms with van der Waals surface area (Å²) in [6.45, 7) is 3.02. The summed E-state index contributed by atoms with van der Waals surface area (Å²) >= 11 is 0. The van der Waals surface area contributed by atoms with E-state index < -0.39 is 5.91 Å². The summed E-state index contributed by atoms with van der Waals surface area (Å²) in [6, 6.07) is 8.22. The number of primary amides is 1. The molecule has 2 rings (SSSR count). The van der Waals surface area contributed by atoms with Crippen molar-refractivity contribution >= 4 is 11.7 Å². The van der Waals surface area contributed by atoms with Crippen molar-refractivity contribution in [2.45, 2.75) is 19.9 Å². The lowest BCUT2D eigenvalue weighted by molar-refractivity contribution is 0.100. The molecule has 1 aromatic carbocycles. The quantitative estimate of drug-likeness (QED) is 0.736. The molecule has 0 saturated heterocycles. The molecule has 6 nitrogen and oxygen atoms in total. The molecule has 0 spiro atoms. The number of carbonyl (C=O) groups excluding carboxylic acids is 1. The summed E-state index contributed by atoms with van der Waals surface area (Å²) in [5, 5.41) is 7.45. The molecule has 2 aromatic rings. The van der Waals surface area contributed by atoms with E-state index in [4.69, 9.17) is 11.5 Å². The van der Waals surface area contributed by atoms with Gasteiger partial charge in [0.05, 0.1) is 5.69 Å². The van der Waals surface area contributed by atoms with Gasteiger partial charge < -0.3 is 16.8 Å². The molecule has 112 valence electrons. The van der Waals surface area contributed by atoms with E-state index in [1.54, 1.807) is 18.7 Å². The van der Waals surface area contributed by atoms with Crippen molar-refractivity contribution in [1.82, 2.24) is 9.78 Å². The van der Waals surface area contributed by atoms with Crippen LogP contribution in [0.4, 0.5) is 5.82 Å². The Balaban J connectivity index is 2.11. The second kappa shape index (κ2) is 6.41. The molecule has 1 aromatic heterocycles. The van der Waals surface area contributed by atoms with Crippen molar-refractivity contribution in [3.8, 4) is 0 Å². The number of nitrogens with zero attached hydrogens (tertiary/aromatic N) is 2. The van der Waals surface area contributed by atoms with Crippen molar-refractivity contribution in [2.75, 3.05) is 11.9 Å². The number of rotatable bonds is 6. The van der Waals surface area contributed by atoms with Crippen molar-refractivity contribution < 1.29 is 4.79 Å². The van der Waals surface area contributed by atoms with Crippen LogP contribution in [0.2, 0.25) is 0 Å². The molecule has 0 aliphatic heterocycles. The molecule has 0 radical (unpaired) electrons. The maximum atomic E-state index is 11.5. The highest BCUT2D eigenvalue weighted by Crippen LogP contribution is 2.19. The molecule has 6 heteroatoms. The summed E-state index contributed by atoms with van der Waals surface area (Å²) in [7, 11) is 1.78. The van der Waals surface area contributed by atoms with Gasteiger partial charge in [0.1, 0.15) is 11.4 Å². The summed E-state index contributed by atoms with van der Waals surface area (Å²) in [5.41, 5.74) is 14.3. The first kappa shape index (κ1) is 15.1. The van der Waals surface area contributed by atoms with Gasteiger partial charge in [-0.25, -0.2) is 0 Å². The number of aryl methyl sites for hydroxylation is 2. The minimum atomic E-state index is -0.471. The first-order chi connectivity index (χ1) is 10.0. The zero-order valence-corrected chi connectivity index (χ0v) is 12.4. The van der Waals surface area contributed by atoms with E-state index in [9.17, 15) is 4.79 Å². The Labute approximate surface area is 124 Å². The fourth-order valence-electron chi connectivity index (χ4n) is 2.33. The summed E-state index contributed by atoms with van der Waals surface area (Å²) in [6.07, 6.45) is 0.875. The number of nitrogens with one attached hydrogen (secondary N) is 1. The van der Waals surface area contributed by atoms with Gasteiger partial charge in [-0.15, -0.1) is 0 Å². The van der Waals surface area contributed by atoms with Crippen LogP contribution in [0, 0.1) is 6.92 Å². The Morgan fingerprint density at radius 2 is 1.90 bits per heavy atom. The van der Waals surface area contributed by atoms with E-state index in [1.165, 1.54) is 5.56 Å². The largest absolute Gasteiger partial charge is 0.366 e. The van der Waals surface area contributed by atoms with Crippen LogP contribution < -0.4 is 16.8 Å². The normalized spacial score (nSPS) is 10.6. The number of aromatic nitrogens is 2. The predicted octanol–water partition coefficient (Wildman–Crippen LogP) is 0.941. The second-order valence-corrected chi connectivity index (χ2v) is 5.01. The maximum absolute atomic E-state index is 11.5. The lowest BCUT2D eigenvalue weighted by Crippen LogP contribution is -2.15. The van der Waals surface area contributed by atoms with Gasteiger partial charge in [0.25, 0.3) is 5.91 Å². The second-order valence-electron chi connectivity index (χ2n) is 5.01. The standard InChI is InChI=1S/C15H21N5O/c1-10-13(14(17)21)15(20(2)19-10)18-9-12-5-3-11(4-6-12)7-8-16/h3-6,18H,7-9,16H2,1-2H3,(H2,17,21). The highest BCUT2D eigenvalue weighted by atomic mass is 16.1. The molecule has 0 aliphatic carbocycles. The first-order valence-corrected chi connectivity index (χ1v) is 6.88. The van der Waals surface area contributed by atoms with Gasteiger partial charge in [0.15, 0.2) is 0 Å². The molecule has 0 saturated carbocycles. The van der Waals surface area contributed by atoms with E-state index in [1.807, 2.05) is 12.1 Å². The number of carbonyl (C=O) groups is 1. The molecule has 0 bridgehead atoms. The van der Waals surface area contributed by atoms with Gasteiger partial charge in [-0.05, 0) is 31.0 Å². The molecule has 5 N–H and O–H groups in total. The SMILES string of the molecule is Cc1nn(C)c(NCc2ccc(CCN)cc2)c1C(N)=O. The minimum absolute atomic E-state index is 0.442. The monoisotopic (exact) mass is 287 g/mol. The highest BCUT2D eigenvalue weighted by Gasteiger charge is 2.17. The van der Waals surface area contributed by atoms with Crippen LogP contribution in [-0.4, -0.2) is 22.2 Å². The Morgan fingerprint density at radius 3 is 2.48 bits per heavy atom. The van der Waals surface area contributed by atoms with E-state index in [2.05, 4.69) is 22.5 Å². The third kappa shape index (κ3) is 3.41.